The number of aryl methyl sites for hydroxylation is 1. The molecule has 1 aliphatic rings. The Labute approximate surface area is 93.5 Å². The van der Waals surface area contributed by atoms with Crippen LogP contribution in [0.3, 0.4) is 0 Å². The Morgan fingerprint density at radius 1 is 1.27 bits per heavy atom. The molecule has 0 saturated heterocycles. The van der Waals surface area contributed by atoms with E-state index in [9.17, 15) is 0 Å². The third kappa shape index (κ3) is 6.32. The third-order valence-corrected chi connectivity index (χ3v) is 2.64. The first kappa shape index (κ1) is 12.3. The van der Waals surface area contributed by atoms with Gasteiger partial charge in [-0.25, -0.2) is 4.98 Å². The fourth-order valence-electron chi connectivity index (χ4n) is 1.68. The fraction of sp³-hybridized carbons (Fsp3) is 0.692. The standard InChI is InChI=1S/C7H12N2.C6H11/c1-2-3-4-7-8-5-6-9-7;1-2-4-6-5-3-1/h5-6H,2-4H2,1H3,(H,8,9);1H,2-6H2. The maximum atomic E-state index is 4.10. The molecule has 85 valence electrons. The lowest BCUT2D eigenvalue weighted by Crippen LogP contribution is -1.87. The Hall–Kier alpha value is -0.790. The molecule has 0 spiro atoms. The molecule has 0 aromatic carbocycles. The van der Waals surface area contributed by atoms with Crippen molar-refractivity contribution in [1.29, 1.82) is 0 Å². The Balaban J connectivity index is 0.000000162. The fourth-order valence-corrected chi connectivity index (χ4v) is 1.68. The minimum atomic E-state index is 1.09. The van der Waals surface area contributed by atoms with Gasteiger partial charge in [0.15, 0.2) is 0 Å². The quantitative estimate of drug-likeness (QED) is 0.800. The van der Waals surface area contributed by atoms with Crippen LogP contribution in [0.25, 0.3) is 0 Å². The summed E-state index contributed by atoms with van der Waals surface area (Å²) in [6, 6.07) is 0. The normalized spacial score (nSPS) is 15.5. The first-order valence-electron chi connectivity index (χ1n) is 6.23. The summed E-state index contributed by atoms with van der Waals surface area (Å²) >= 11 is 0. The summed E-state index contributed by atoms with van der Waals surface area (Å²) in [6.07, 6.45) is 16.7. The van der Waals surface area contributed by atoms with Crippen LogP contribution >= 0.6 is 0 Å². The van der Waals surface area contributed by atoms with Crippen molar-refractivity contribution in [2.45, 2.75) is 58.3 Å². The molecule has 1 aromatic rings. The highest BCUT2D eigenvalue weighted by atomic mass is 14.9. The summed E-state index contributed by atoms with van der Waals surface area (Å²) in [5.41, 5.74) is 0. The molecule has 1 saturated carbocycles. The highest BCUT2D eigenvalue weighted by Gasteiger charge is 1.95. The lowest BCUT2D eigenvalue weighted by Gasteiger charge is -2.05. The zero-order chi connectivity index (χ0) is 10.8. The number of aromatic amines is 1. The number of nitrogens with zero attached hydrogens (tertiary/aromatic N) is 1. The Kier molecular flexibility index (Phi) is 6.97. The summed E-state index contributed by atoms with van der Waals surface area (Å²) in [7, 11) is 0. The van der Waals surface area contributed by atoms with Crippen molar-refractivity contribution >= 4 is 0 Å². The first-order chi connectivity index (χ1) is 7.43. The number of hydrogen-bond acceptors (Lipinski definition) is 1. The van der Waals surface area contributed by atoms with Gasteiger partial charge in [-0.15, -0.1) is 0 Å². The van der Waals surface area contributed by atoms with Gasteiger partial charge in [-0.2, -0.15) is 0 Å². The van der Waals surface area contributed by atoms with Gasteiger partial charge in [0.05, 0.1) is 0 Å². The molecule has 15 heavy (non-hydrogen) atoms. The monoisotopic (exact) mass is 207 g/mol. The smallest absolute Gasteiger partial charge is 0.105 e. The number of aromatic nitrogens is 2. The second-order valence-electron chi connectivity index (χ2n) is 4.07. The number of imidazole rings is 1. The highest BCUT2D eigenvalue weighted by Crippen LogP contribution is 2.14. The van der Waals surface area contributed by atoms with Crippen molar-refractivity contribution in [1.82, 2.24) is 9.97 Å². The van der Waals surface area contributed by atoms with Crippen LogP contribution in [-0.2, 0) is 6.42 Å². The maximum Gasteiger partial charge on any atom is 0.105 e. The summed E-state index contributed by atoms with van der Waals surface area (Å²) in [4.78, 5) is 7.16. The van der Waals surface area contributed by atoms with Crippen molar-refractivity contribution in [3.05, 3.63) is 24.6 Å². The van der Waals surface area contributed by atoms with Gasteiger partial charge >= 0.3 is 0 Å². The van der Waals surface area contributed by atoms with E-state index in [1.54, 1.807) is 6.20 Å². The molecule has 1 N–H and O–H groups in total. The Morgan fingerprint density at radius 2 is 2.07 bits per heavy atom. The number of unbranched alkanes of at least 4 members (excludes halogenated alkanes) is 1. The minimum Gasteiger partial charge on any atom is -0.349 e. The zero-order valence-corrected chi connectivity index (χ0v) is 9.84. The van der Waals surface area contributed by atoms with Crippen molar-refractivity contribution in [3.63, 3.8) is 0 Å². The minimum absolute atomic E-state index is 1.09. The molecule has 0 unspecified atom stereocenters. The second-order valence-corrected chi connectivity index (χ2v) is 4.07. The van der Waals surface area contributed by atoms with E-state index in [0.29, 0.717) is 0 Å². The molecule has 2 rings (SSSR count). The predicted molar refractivity (Wildman–Crippen MR) is 64.6 cm³/mol. The molecular formula is C13H23N2. The SMILES string of the molecule is CCCCc1ncc[nH]1.[CH]1CCCCC1. The average molecular weight is 207 g/mol. The van der Waals surface area contributed by atoms with Gasteiger partial charge in [-0.1, -0.05) is 45.4 Å². The van der Waals surface area contributed by atoms with E-state index in [4.69, 9.17) is 0 Å². The number of nitrogens with one attached hydrogen (secondary N) is 1. The lowest BCUT2D eigenvalue weighted by molar-refractivity contribution is 0.593. The average Bonchev–Trinajstić information content (AvgIpc) is 2.82. The van der Waals surface area contributed by atoms with Crippen LogP contribution in [0.2, 0.25) is 0 Å². The molecule has 0 atom stereocenters. The summed E-state index contributed by atoms with van der Waals surface area (Å²) in [5, 5.41) is 0. The van der Waals surface area contributed by atoms with Gasteiger partial charge in [0, 0.05) is 18.8 Å². The molecule has 1 fully saturated rings. The van der Waals surface area contributed by atoms with Gasteiger partial charge in [0.1, 0.15) is 5.82 Å². The molecule has 1 aliphatic carbocycles. The summed E-state index contributed by atoms with van der Waals surface area (Å²) in [5.74, 6) is 1.11. The topological polar surface area (TPSA) is 28.7 Å². The van der Waals surface area contributed by atoms with Crippen LogP contribution in [0.1, 0.15) is 57.7 Å². The summed E-state index contributed by atoms with van der Waals surface area (Å²) in [6.45, 7) is 2.18. The molecule has 1 aromatic heterocycles. The van der Waals surface area contributed by atoms with Gasteiger partial charge in [-0.05, 0) is 12.8 Å². The van der Waals surface area contributed by atoms with Gasteiger partial charge in [0.2, 0.25) is 0 Å². The zero-order valence-electron chi connectivity index (χ0n) is 9.84. The Bertz CT molecular complexity index is 201. The summed E-state index contributed by atoms with van der Waals surface area (Å²) < 4.78 is 0. The van der Waals surface area contributed by atoms with Gasteiger partial charge < -0.3 is 4.98 Å². The molecule has 2 nitrogen and oxygen atoms in total. The van der Waals surface area contributed by atoms with E-state index in [1.807, 2.05) is 6.20 Å². The van der Waals surface area contributed by atoms with Crippen LogP contribution < -0.4 is 0 Å². The molecule has 0 aliphatic heterocycles. The van der Waals surface area contributed by atoms with Crippen molar-refractivity contribution in [3.8, 4) is 0 Å². The molecule has 2 heteroatoms. The molecular weight excluding hydrogens is 184 g/mol. The van der Waals surface area contributed by atoms with Crippen LogP contribution in [0.4, 0.5) is 0 Å². The highest BCUT2D eigenvalue weighted by molar-refractivity contribution is 4.86. The van der Waals surface area contributed by atoms with Crippen LogP contribution in [0.15, 0.2) is 12.4 Å². The van der Waals surface area contributed by atoms with Gasteiger partial charge in [-0.3, -0.25) is 0 Å². The number of H-pyrrole nitrogens is 1. The third-order valence-electron chi connectivity index (χ3n) is 2.64. The maximum absolute atomic E-state index is 4.10. The lowest BCUT2D eigenvalue weighted by atomic mass is 10.0. The largest absolute Gasteiger partial charge is 0.349 e. The van der Waals surface area contributed by atoms with E-state index in [0.717, 1.165) is 12.2 Å². The van der Waals surface area contributed by atoms with E-state index in [2.05, 4.69) is 23.3 Å². The van der Waals surface area contributed by atoms with Crippen LogP contribution in [0, 0.1) is 6.42 Å². The van der Waals surface area contributed by atoms with E-state index in [1.165, 1.54) is 44.9 Å². The number of rotatable bonds is 3. The second kappa shape index (κ2) is 8.51. The number of hydrogen-bond donors (Lipinski definition) is 1. The molecule has 1 radical (unpaired) electrons. The van der Waals surface area contributed by atoms with Gasteiger partial charge in [0.25, 0.3) is 0 Å². The molecule has 1 heterocycles. The molecule has 0 bridgehead atoms. The predicted octanol–water partition coefficient (Wildman–Crippen LogP) is 3.91. The first-order valence-corrected chi connectivity index (χ1v) is 6.23. The molecule has 0 amide bonds. The van der Waals surface area contributed by atoms with Crippen molar-refractivity contribution in [2.24, 2.45) is 0 Å². The van der Waals surface area contributed by atoms with Crippen LogP contribution in [-0.4, -0.2) is 9.97 Å². The Morgan fingerprint density at radius 3 is 2.47 bits per heavy atom. The van der Waals surface area contributed by atoms with Crippen molar-refractivity contribution < 1.29 is 0 Å². The van der Waals surface area contributed by atoms with E-state index >= 15 is 0 Å². The van der Waals surface area contributed by atoms with E-state index < -0.39 is 0 Å². The van der Waals surface area contributed by atoms with E-state index in [-0.39, 0.29) is 0 Å². The van der Waals surface area contributed by atoms with Crippen LogP contribution in [0.5, 0.6) is 0 Å². The van der Waals surface area contributed by atoms with Crippen molar-refractivity contribution in [2.75, 3.05) is 0 Å².